The molecule has 0 aliphatic rings. The molecule has 0 unspecified atom stereocenters. The highest BCUT2D eigenvalue weighted by Gasteiger charge is 2.43. The van der Waals surface area contributed by atoms with Crippen molar-refractivity contribution in [1.82, 2.24) is 16.0 Å². The highest BCUT2D eigenvalue weighted by Crippen LogP contribution is 2.29. The minimum absolute atomic E-state index is 0.0688. The molecule has 0 aromatic carbocycles. The fraction of sp³-hybridized carbons (Fsp3) is 0.842. The van der Waals surface area contributed by atoms with Crippen LogP contribution in [0, 0.1) is 10.1 Å². The summed E-state index contributed by atoms with van der Waals surface area (Å²) in [5.41, 5.74) is 14.6. The highest BCUT2D eigenvalue weighted by molar-refractivity contribution is 5.77. The smallest absolute Gasteiger partial charge is 0.223 e. The van der Waals surface area contributed by atoms with Crippen molar-refractivity contribution in [2.45, 2.75) is 63.3 Å². The molecule has 9 N–H and O–H groups in total. The first-order chi connectivity index (χ1) is 14.8. The van der Waals surface area contributed by atoms with Gasteiger partial charge >= 0.3 is 0 Å². The van der Waals surface area contributed by atoms with Crippen LogP contribution in [0.3, 0.4) is 0 Å². The number of nitrogens with two attached hydrogens (primary N) is 3. The Hall–Kier alpha value is -2.31. The van der Waals surface area contributed by atoms with E-state index in [2.05, 4.69) is 16.0 Å². The van der Waals surface area contributed by atoms with E-state index >= 15 is 0 Å². The topological polar surface area (TPSA) is 208 Å². The van der Waals surface area contributed by atoms with Crippen LogP contribution in [0.1, 0.15) is 57.8 Å². The maximum Gasteiger partial charge on any atom is 0.223 e. The molecular weight excluding hydrogens is 406 g/mol. The van der Waals surface area contributed by atoms with E-state index in [0.29, 0.717) is 58.5 Å². The summed E-state index contributed by atoms with van der Waals surface area (Å²) in [6, 6.07) is 0. The Kier molecular flexibility index (Phi) is 16.1. The van der Waals surface area contributed by atoms with Gasteiger partial charge in [0.05, 0.1) is 0 Å². The van der Waals surface area contributed by atoms with Crippen molar-refractivity contribution in [2.75, 3.05) is 39.3 Å². The summed E-state index contributed by atoms with van der Waals surface area (Å²) in [5.74, 6) is -0.960. The van der Waals surface area contributed by atoms with Crippen LogP contribution in [0.15, 0.2) is 0 Å². The Balaban J connectivity index is 5.04. The first-order valence-corrected chi connectivity index (χ1v) is 10.9. The SMILES string of the molecule is NCCCNC(=O)CCC(CCC(=O)NCCCN)(CCC(=O)NCCCN)[N+](=O)[O-]. The lowest BCUT2D eigenvalue weighted by atomic mass is 9.84. The van der Waals surface area contributed by atoms with Crippen molar-refractivity contribution in [3.8, 4) is 0 Å². The van der Waals surface area contributed by atoms with Crippen LogP contribution < -0.4 is 33.2 Å². The van der Waals surface area contributed by atoms with E-state index in [1.54, 1.807) is 0 Å². The van der Waals surface area contributed by atoms with Crippen LogP contribution in [-0.4, -0.2) is 67.5 Å². The summed E-state index contributed by atoms with van der Waals surface area (Å²) < 4.78 is 0. The van der Waals surface area contributed by atoms with E-state index in [-0.39, 0.29) is 56.2 Å². The highest BCUT2D eigenvalue weighted by atomic mass is 16.6. The van der Waals surface area contributed by atoms with Gasteiger partial charge in [0, 0.05) is 63.1 Å². The molecule has 0 saturated carbocycles. The predicted octanol–water partition coefficient (Wildman–Crippen LogP) is -1.26. The molecule has 0 aromatic heterocycles. The van der Waals surface area contributed by atoms with Crippen LogP contribution in [0.4, 0.5) is 0 Å². The van der Waals surface area contributed by atoms with Gasteiger partial charge < -0.3 is 33.2 Å². The van der Waals surface area contributed by atoms with Gasteiger partial charge in [-0.1, -0.05) is 0 Å². The quantitative estimate of drug-likeness (QED) is 0.0800. The zero-order chi connectivity index (χ0) is 23.5. The molecule has 0 fully saturated rings. The lowest BCUT2D eigenvalue weighted by Crippen LogP contribution is -2.42. The van der Waals surface area contributed by atoms with Gasteiger partial charge in [-0.05, 0) is 38.9 Å². The van der Waals surface area contributed by atoms with E-state index in [1.807, 2.05) is 0 Å². The van der Waals surface area contributed by atoms with Crippen LogP contribution in [0.2, 0.25) is 0 Å². The molecule has 12 nitrogen and oxygen atoms in total. The third-order valence-electron chi connectivity index (χ3n) is 4.95. The van der Waals surface area contributed by atoms with Crippen LogP contribution in [-0.2, 0) is 14.4 Å². The monoisotopic (exact) mass is 445 g/mol. The van der Waals surface area contributed by atoms with Gasteiger partial charge in [0.15, 0.2) is 0 Å². The Morgan fingerprint density at radius 3 is 1.19 bits per heavy atom. The second kappa shape index (κ2) is 17.4. The summed E-state index contributed by atoms with van der Waals surface area (Å²) in [5, 5.41) is 20.0. The second-order valence-corrected chi connectivity index (χ2v) is 7.46. The number of carbonyl (C=O) groups is 3. The van der Waals surface area contributed by atoms with Crippen molar-refractivity contribution in [2.24, 2.45) is 17.2 Å². The number of nitrogens with zero attached hydrogens (tertiary/aromatic N) is 1. The molecule has 0 rings (SSSR count). The first-order valence-electron chi connectivity index (χ1n) is 10.9. The number of rotatable bonds is 19. The Bertz CT molecular complexity index is 495. The summed E-state index contributed by atoms with van der Waals surface area (Å²) in [6.07, 6.45) is 1.40. The van der Waals surface area contributed by atoms with Crippen molar-refractivity contribution in [3.05, 3.63) is 10.1 Å². The van der Waals surface area contributed by atoms with Crippen LogP contribution in [0.25, 0.3) is 0 Å². The van der Waals surface area contributed by atoms with E-state index < -0.39 is 10.5 Å². The average Bonchev–Trinajstić information content (AvgIpc) is 2.73. The molecule has 0 radical (unpaired) electrons. The molecule has 0 spiro atoms. The molecular formula is C19H39N7O5. The Morgan fingerprint density at radius 1 is 0.677 bits per heavy atom. The number of carbonyl (C=O) groups excluding carboxylic acids is 3. The number of hydrogen-bond donors (Lipinski definition) is 6. The second-order valence-electron chi connectivity index (χ2n) is 7.46. The third kappa shape index (κ3) is 13.6. The van der Waals surface area contributed by atoms with Gasteiger partial charge in [0.25, 0.3) is 0 Å². The average molecular weight is 446 g/mol. The fourth-order valence-corrected chi connectivity index (χ4v) is 2.94. The molecule has 180 valence electrons. The van der Waals surface area contributed by atoms with Crippen LogP contribution >= 0.6 is 0 Å². The first kappa shape index (κ1) is 28.7. The third-order valence-corrected chi connectivity index (χ3v) is 4.95. The largest absolute Gasteiger partial charge is 0.356 e. The van der Waals surface area contributed by atoms with Gasteiger partial charge in [0.2, 0.25) is 23.3 Å². The van der Waals surface area contributed by atoms with Crippen molar-refractivity contribution >= 4 is 17.7 Å². The molecule has 0 aliphatic heterocycles. The molecule has 0 heterocycles. The minimum Gasteiger partial charge on any atom is -0.356 e. The molecule has 0 aliphatic carbocycles. The van der Waals surface area contributed by atoms with Crippen LogP contribution in [0.5, 0.6) is 0 Å². The molecule has 3 amide bonds. The summed E-state index contributed by atoms with van der Waals surface area (Å²) in [4.78, 5) is 47.7. The Labute approximate surface area is 183 Å². The van der Waals surface area contributed by atoms with E-state index in [1.165, 1.54) is 0 Å². The summed E-state index contributed by atoms with van der Waals surface area (Å²) in [7, 11) is 0. The Morgan fingerprint density at radius 2 is 0.968 bits per heavy atom. The maximum atomic E-state index is 12.1. The molecule has 0 atom stereocenters. The summed E-state index contributed by atoms with van der Waals surface area (Å²) >= 11 is 0. The lowest BCUT2D eigenvalue weighted by molar-refractivity contribution is -0.573. The van der Waals surface area contributed by atoms with Gasteiger partial charge in [-0.15, -0.1) is 0 Å². The molecule has 0 bridgehead atoms. The molecule has 12 heteroatoms. The van der Waals surface area contributed by atoms with Gasteiger partial charge in [-0.25, -0.2) is 0 Å². The van der Waals surface area contributed by atoms with Gasteiger partial charge in [0.1, 0.15) is 0 Å². The van der Waals surface area contributed by atoms with E-state index in [9.17, 15) is 24.5 Å². The predicted molar refractivity (Wildman–Crippen MR) is 117 cm³/mol. The number of amides is 3. The van der Waals surface area contributed by atoms with E-state index in [4.69, 9.17) is 17.2 Å². The summed E-state index contributed by atoms with van der Waals surface area (Å²) in [6.45, 7) is 2.47. The van der Waals surface area contributed by atoms with E-state index in [0.717, 1.165) is 0 Å². The van der Waals surface area contributed by atoms with Crippen molar-refractivity contribution in [3.63, 3.8) is 0 Å². The standard InChI is InChI=1S/C19H39N7O5/c20-10-1-13-23-16(27)4-7-19(26(30)31,8-5-17(28)24-14-2-11-21)9-6-18(29)25-15-3-12-22/h1-15,20-22H2,(H,23,27)(H,24,28)(H,25,29). The lowest BCUT2D eigenvalue weighted by Gasteiger charge is -2.25. The molecule has 31 heavy (non-hydrogen) atoms. The maximum absolute atomic E-state index is 12.1. The van der Waals surface area contributed by atoms with Gasteiger partial charge in [-0.3, -0.25) is 24.5 Å². The van der Waals surface area contributed by atoms with Crippen molar-refractivity contribution in [1.29, 1.82) is 0 Å². The minimum atomic E-state index is -1.55. The van der Waals surface area contributed by atoms with Gasteiger partial charge in [-0.2, -0.15) is 0 Å². The van der Waals surface area contributed by atoms with Crippen molar-refractivity contribution < 1.29 is 19.3 Å². The zero-order valence-corrected chi connectivity index (χ0v) is 18.3. The normalized spacial score (nSPS) is 11.1. The number of hydrogen-bond acceptors (Lipinski definition) is 8. The fourth-order valence-electron chi connectivity index (χ4n) is 2.94. The number of nitro groups is 1. The number of nitrogens with one attached hydrogen (secondary N) is 3. The zero-order valence-electron chi connectivity index (χ0n) is 18.3. The molecule has 0 aromatic rings. The molecule has 0 saturated heterocycles.